The van der Waals surface area contributed by atoms with Crippen LogP contribution in [0.1, 0.15) is 37.1 Å². The normalized spacial score (nSPS) is 15.6. The second-order valence-electron chi connectivity index (χ2n) is 7.96. The van der Waals surface area contributed by atoms with E-state index in [1.807, 2.05) is 0 Å². The van der Waals surface area contributed by atoms with Crippen LogP contribution in [0.4, 0.5) is 0 Å². The molecule has 0 unspecified atom stereocenters. The topological polar surface area (TPSA) is 104 Å². The number of benzene rings is 1. The van der Waals surface area contributed by atoms with Crippen LogP contribution in [0.5, 0.6) is 11.6 Å². The second kappa shape index (κ2) is 10.7. The summed E-state index contributed by atoms with van der Waals surface area (Å²) < 4.78 is 41.0. The van der Waals surface area contributed by atoms with E-state index in [2.05, 4.69) is 26.0 Å². The fraction of sp³-hybridized carbons (Fsp3) is 0.348. The number of fused-ring (bicyclic) bond motifs is 1. The molecule has 1 aromatic carbocycles. The van der Waals surface area contributed by atoms with E-state index in [1.54, 1.807) is 49.1 Å². The SMILES string of the molecule is CCOC(=O)Cn1ncc2c1CCC[C@H]2N(C)S(=O)(=O)c1cnc(Oc2cccc(Cl)c2)c(Br)c1. The molecule has 9 nitrogen and oxygen atoms in total. The van der Waals surface area contributed by atoms with Crippen LogP contribution in [0.15, 0.2) is 52.1 Å². The molecule has 1 aliphatic rings. The molecule has 0 saturated carbocycles. The minimum Gasteiger partial charge on any atom is -0.465 e. The highest BCUT2D eigenvalue weighted by Crippen LogP contribution is 2.37. The molecule has 0 saturated heterocycles. The summed E-state index contributed by atoms with van der Waals surface area (Å²) in [5.41, 5.74) is 1.64. The zero-order valence-corrected chi connectivity index (χ0v) is 22.3. The Kier molecular flexibility index (Phi) is 7.80. The van der Waals surface area contributed by atoms with Crippen molar-refractivity contribution in [2.45, 2.75) is 43.7 Å². The monoisotopic (exact) mass is 582 g/mol. The van der Waals surface area contributed by atoms with E-state index in [4.69, 9.17) is 21.1 Å². The lowest BCUT2D eigenvalue weighted by molar-refractivity contribution is -0.144. The molecular weight excluding hydrogens is 560 g/mol. The van der Waals surface area contributed by atoms with E-state index in [9.17, 15) is 13.2 Å². The lowest BCUT2D eigenvalue weighted by Crippen LogP contribution is -2.33. The molecule has 12 heteroatoms. The number of sulfonamides is 1. The number of hydrogen-bond acceptors (Lipinski definition) is 7. The van der Waals surface area contributed by atoms with Crippen molar-refractivity contribution in [3.8, 4) is 11.6 Å². The van der Waals surface area contributed by atoms with Crippen LogP contribution in [-0.4, -0.2) is 47.1 Å². The quantitative estimate of drug-likeness (QED) is 0.353. The van der Waals surface area contributed by atoms with Gasteiger partial charge in [0.1, 0.15) is 17.2 Å². The van der Waals surface area contributed by atoms with Gasteiger partial charge in [0.2, 0.25) is 15.9 Å². The number of rotatable bonds is 8. The van der Waals surface area contributed by atoms with Gasteiger partial charge in [0.15, 0.2) is 0 Å². The lowest BCUT2D eigenvalue weighted by Gasteiger charge is -2.30. The summed E-state index contributed by atoms with van der Waals surface area (Å²) in [7, 11) is -2.34. The Balaban J connectivity index is 1.56. The van der Waals surface area contributed by atoms with Crippen molar-refractivity contribution in [2.75, 3.05) is 13.7 Å². The first kappa shape index (κ1) is 25.6. The van der Waals surface area contributed by atoms with Gasteiger partial charge in [-0.3, -0.25) is 9.48 Å². The molecule has 0 N–H and O–H groups in total. The number of carbonyl (C=O) groups is 1. The number of halogens is 2. The predicted octanol–water partition coefficient (Wildman–Crippen LogP) is 4.75. The molecule has 4 rings (SSSR count). The highest BCUT2D eigenvalue weighted by atomic mass is 79.9. The number of hydrogen-bond donors (Lipinski definition) is 0. The zero-order chi connectivity index (χ0) is 25.2. The minimum atomic E-state index is -3.89. The predicted molar refractivity (Wildman–Crippen MR) is 133 cm³/mol. The molecule has 0 radical (unpaired) electrons. The molecule has 1 aliphatic carbocycles. The van der Waals surface area contributed by atoms with E-state index < -0.39 is 16.1 Å². The summed E-state index contributed by atoms with van der Waals surface area (Å²) in [5, 5.41) is 4.84. The maximum atomic E-state index is 13.5. The van der Waals surface area contributed by atoms with E-state index in [1.165, 1.54) is 16.6 Å². The summed E-state index contributed by atoms with van der Waals surface area (Å²) in [6, 6.07) is 7.87. The Labute approximate surface area is 217 Å². The Morgan fingerprint density at radius 1 is 1.31 bits per heavy atom. The first-order valence-corrected chi connectivity index (χ1v) is 13.6. The van der Waals surface area contributed by atoms with E-state index in [0.29, 0.717) is 34.7 Å². The molecule has 3 aromatic rings. The van der Waals surface area contributed by atoms with E-state index in [-0.39, 0.29) is 23.3 Å². The highest BCUT2D eigenvalue weighted by Gasteiger charge is 2.35. The van der Waals surface area contributed by atoms with Crippen molar-refractivity contribution in [1.82, 2.24) is 19.1 Å². The van der Waals surface area contributed by atoms with Crippen molar-refractivity contribution in [2.24, 2.45) is 0 Å². The first-order chi connectivity index (χ1) is 16.7. The zero-order valence-electron chi connectivity index (χ0n) is 19.1. The molecule has 0 spiro atoms. The van der Waals surface area contributed by atoms with Gasteiger partial charge < -0.3 is 9.47 Å². The molecule has 2 heterocycles. The van der Waals surface area contributed by atoms with Crippen LogP contribution < -0.4 is 4.74 Å². The van der Waals surface area contributed by atoms with Crippen LogP contribution in [0.25, 0.3) is 0 Å². The minimum absolute atomic E-state index is 0.00267. The fourth-order valence-corrected chi connectivity index (χ4v) is 6.14. The van der Waals surface area contributed by atoms with Crippen LogP contribution in [0, 0.1) is 0 Å². The summed E-state index contributed by atoms with van der Waals surface area (Å²) in [5.74, 6) is 0.319. The van der Waals surface area contributed by atoms with Crippen molar-refractivity contribution < 1.29 is 22.7 Å². The summed E-state index contributed by atoms with van der Waals surface area (Å²) in [4.78, 5) is 16.2. The lowest BCUT2D eigenvalue weighted by atomic mass is 9.93. The Hall–Kier alpha value is -2.47. The molecular formula is C23H24BrClN4O5S. The van der Waals surface area contributed by atoms with Crippen LogP contribution in [0.2, 0.25) is 5.02 Å². The van der Waals surface area contributed by atoms with Gasteiger partial charge in [-0.25, -0.2) is 13.4 Å². The van der Waals surface area contributed by atoms with Crippen molar-refractivity contribution in [1.29, 1.82) is 0 Å². The number of esters is 1. The van der Waals surface area contributed by atoms with Gasteiger partial charge >= 0.3 is 5.97 Å². The standard InChI is InChI=1S/C23H24BrClN4O5S/c1-3-33-22(30)14-29-21-9-5-8-20(18(21)13-27-29)28(2)35(31,32)17-11-19(24)23(26-12-17)34-16-7-4-6-15(25)10-16/h4,6-7,10-13,20H,3,5,8-9,14H2,1-2H3/t20-/m1/s1. The van der Waals surface area contributed by atoms with Gasteiger partial charge in [-0.15, -0.1) is 0 Å². The van der Waals surface area contributed by atoms with Gasteiger partial charge in [0.25, 0.3) is 0 Å². The second-order valence-corrected chi connectivity index (χ2v) is 11.2. The van der Waals surface area contributed by atoms with Crippen molar-refractivity contribution in [3.63, 3.8) is 0 Å². The van der Waals surface area contributed by atoms with Crippen LogP contribution in [-0.2, 0) is 32.5 Å². The van der Waals surface area contributed by atoms with Gasteiger partial charge in [0.05, 0.1) is 29.5 Å². The smallest absolute Gasteiger partial charge is 0.327 e. The number of nitrogens with zero attached hydrogens (tertiary/aromatic N) is 4. The van der Waals surface area contributed by atoms with E-state index in [0.717, 1.165) is 17.7 Å². The molecule has 0 bridgehead atoms. The van der Waals surface area contributed by atoms with Gasteiger partial charge in [-0.05, 0) is 66.4 Å². The average molecular weight is 584 g/mol. The molecule has 0 fully saturated rings. The number of carbonyl (C=O) groups excluding carboxylic acids is 1. The van der Waals surface area contributed by atoms with Crippen molar-refractivity contribution in [3.05, 3.63) is 63.5 Å². The van der Waals surface area contributed by atoms with E-state index >= 15 is 0 Å². The van der Waals surface area contributed by atoms with Crippen LogP contribution >= 0.6 is 27.5 Å². The molecule has 2 aromatic heterocycles. The third-order valence-corrected chi connectivity index (χ3v) is 8.36. The Bertz CT molecular complexity index is 1350. The molecule has 0 amide bonds. The maximum absolute atomic E-state index is 13.5. The molecule has 35 heavy (non-hydrogen) atoms. The average Bonchev–Trinajstić information content (AvgIpc) is 3.23. The summed E-state index contributed by atoms with van der Waals surface area (Å²) in [6.07, 6.45) is 5.02. The molecule has 186 valence electrons. The largest absolute Gasteiger partial charge is 0.465 e. The van der Waals surface area contributed by atoms with Gasteiger partial charge in [-0.1, -0.05) is 17.7 Å². The number of aromatic nitrogens is 3. The summed E-state index contributed by atoms with van der Waals surface area (Å²) >= 11 is 9.36. The third kappa shape index (κ3) is 5.53. The fourth-order valence-electron chi connectivity index (χ4n) is 4.04. The number of pyridine rings is 1. The Morgan fingerprint density at radius 3 is 2.83 bits per heavy atom. The molecule has 0 aliphatic heterocycles. The maximum Gasteiger partial charge on any atom is 0.327 e. The van der Waals surface area contributed by atoms with Gasteiger partial charge in [0, 0.05) is 23.3 Å². The van der Waals surface area contributed by atoms with Crippen LogP contribution in [0.3, 0.4) is 0 Å². The first-order valence-electron chi connectivity index (χ1n) is 11.0. The highest BCUT2D eigenvalue weighted by molar-refractivity contribution is 9.10. The number of ether oxygens (including phenoxy) is 2. The Morgan fingerprint density at radius 2 is 2.11 bits per heavy atom. The van der Waals surface area contributed by atoms with Gasteiger partial charge in [-0.2, -0.15) is 9.40 Å². The summed E-state index contributed by atoms with van der Waals surface area (Å²) in [6.45, 7) is 2.03. The van der Waals surface area contributed by atoms with Crippen molar-refractivity contribution >= 4 is 43.5 Å². The molecule has 1 atom stereocenters. The third-order valence-electron chi connectivity index (χ3n) is 5.72.